The zero-order valence-electron chi connectivity index (χ0n) is 6.19. The molecule has 3 heteroatoms. The number of hydrogen-bond donors (Lipinski definition) is 1. The molecule has 62 valence electrons. The Balaban J connectivity index is 2.14. The smallest absolute Gasteiger partial charge is 0.257 e. The van der Waals surface area contributed by atoms with Crippen molar-refractivity contribution in [2.45, 2.75) is 25.3 Å². The van der Waals surface area contributed by atoms with E-state index in [9.17, 15) is 8.78 Å². The van der Waals surface area contributed by atoms with Crippen LogP contribution in [-0.4, -0.2) is 19.0 Å². The van der Waals surface area contributed by atoms with Gasteiger partial charge in [-0.15, -0.1) is 0 Å². The van der Waals surface area contributed by atoms with Crippen molar-refractivity contribution < 1.29 is 8.78 Å². The first-order valence-corrected chi connectivity index (χ1v) is 4.00. The van der Waals surface area contributed by atoms with E-state index < -0.39 is 12.5 Å². The van der Waals surface area contributed by atoms with Crippen LogP contribution in [0.1, 0.15) is 12.8 Å². The number of alkyl halides is 2. The van der Waals surface area contributed by atoms with Crippen LogP contribution < -0.4 is 5.32 Å². The lowest BCUT2D eigenvalue weighted by Crippen LogP contribution is -2.30. The zero-order valence-corrected chi connectivity index (χ0v) is 6.19. The van der Waals surface area contributed by atoms with Crippen LogP contribution in [0.15, 0.2) is 11.6 Å². The first-order chi connectivity index (χ1) is 5.29. The summed E-state index contributed by atoms with van der Waals surface area (Å²) in [6.07, 6.45) is 1.79. The molecule has 0 amide bonds. The fourth-order valence-electron chi connectivity index (χ4n) is 2.01. The third-order valence-electron chi connectivity index (χ3n) is 2.56. The molecule has 11 heavy (non-hydrogen) atoms. The van der Waals surface area contributed by atoms with Gasteiger partial charge in [-0.3, -0.25) is 0 Å². The second-order valence-corrected chi connectivity index (χ2v) is 3.20. The highest BCUT2D eigenvalue weighted by atomic mass is 19.3. The van der Waals surface area contributed by atoms with Gasteiger partial charge in [-0.25, -0.2) is 8.78 Å². The van der Waals surface area contributed by atoms with Crippen LogP contribution in [0.25, 0.3) is 0 Å². The molecule has 0 radical (unpaired) electrons. The van der Waals surface area contributed by atoms with E-state index >= 15 is 0 Å². The van der Waals surface area contributed by atoms with E-state index in [0.29, 0.717) is 5.92 Å². The van der Waals surface area contributed by atoms with Crippen molar-refractivity contribution in [3.05, 3.63) is 11.6 Å². The standard InChI is InChI=1S/C8H11F2N/c9-8(10)7-6-3-1-2-5(6)4-11-7/h3,5,7-8,11H,1-2,4H2. The van der Waals surface area contributed by atoms with Gasteiger partial charge in [0.1, 0.15) is 0 Å². The molecule has 0 aromatic carbocycles. The summed E-state index contributed by atoms with van der Waals surface area (Å²) in [5.74, 6) is 0.411. The van der Waals surface area contributed by atoms with Gasteiger partial charge in [-0.1, -0.05) is 6.08 Å². The third-order valence-corrected chi connectivity index (χ3v) is 2.56. The second kappa shape index (κ2) is 2.55. The van der Waals surface area contributed by atoms with Crippen molar-refractivity contribution in [3.63, 3.8) is 0 Å². The van der Waals surface area contributed by atoms with Gasteiger partial charge >= 0.3 is 0 Å². The van der Waals surface area contributed by atoms with Crippen molar-refractivity contribution >= 4 is 0 Å². The van der Waals surface area contributed by atoms with Gasteiger partial charge < -0.3 is 5.32 Å². The Labute approximate surface area is 64.5 Å². The fourth-order valence-corrected chi connectivity index (χ4v) is 2.01. The predicted octanol–water partition coefficient (Wildman–Crippen LogP) is 1.56. The summed E-state index contributed by atoms with van der Waals surface area (Å²) in [6.45, 7) is 0.751. The Morgan fingerprint density at radius 2 is 2.36 bits per heavy atom. The molecule has 0 spiro atoms. The molecule has 0 aromatic rings. The molecule has 1 saturated heterocycles. The van der Waals surface area contributed by atoms with Gasteiger partial charge in [0.05, 0.1) is 6.04 Å². The van der Waals surface area contributed by atoms with Gasteiger partial charge in [-0.2, -0.15) is 0 Å². The molecule has 1 nitrogen and oxygen atoms in total. The number of nitrogens with one attached hydrogen (secondary N) is 1. The largest absolute Gasteiger partial charge is 0.305 e. The first kappa shape index (κ1) is 7.22. The van der Waals surface area contributed by atoms with E-state index in [1.807, 2.05) is 6.08 Å². The Bertz CT molecular complexity index is 189. The molecule has 2 unspecified atom stereocenters. The van der Waals surface area contributed by atoms with Crippen LogP contribution in [0, 0.1) is 5.92 Å². The van der Waals surface area contributed by atoms with E-state index in [4.69, 9.17) is 0 Å². The molecule has 1 heterocycles. The summed E-state index contributed by atoms with van der Waals surface area (Å²) in [6, 6.07) is -0.637. The van der Waals surface area contributed by atoms with Crippen LogP contribution in [0.4, 0.5) is 8.78 Å². The molecular weight excluding hydrogens is 148 g/mol. The van der Waals surface area contributed by atoms with Crippen LogP contribution in [0.5, 0.6) is 0 Å². The van der Waals surface area contributed by atoms with Crippen LogP contribution in [0.3, 0.4) is 0 Å². The van der Waals surface area contributed by atoms with Crippen molar-refractivity contribution in [2.75, 3.05) is 6.54 Å². The van der Waals surface area contributed by atoms with Crippen molar-refractivity contribution in [1.82, 2.24) is 5.32 Å². The SMILES string of the molecule is FC(F)C1NCC2CCC=C21. The van der Waals surface area contributed by atoms with E-state index in [1.54, 1.807) is 0 Å². The molecule has 0 aromatic heterocycles. The third kappa shape index (κ3) is 1.07. The van der Waals surface area contributed by atoms with E-state index in [1.165, 1.54) is 0 Å². The van der Waals surface area contributed by atoms with Crippen molar-refractivity contribution in [3.8, 4) is 0 Å². The topological polar surface area (TPSA) is 12.0 Å². The van der Waals surface area contributed by atoms with E-state index in [-0.39, 0.29) is 0 Å². The predicted molar refractivity (Wildman–Crippen MR) is 38.6 cm³/mol. The average molecular weight is 159 g/mol. The van der Waals surface area contributed by atoms with E-state index in [2.05, 4.69) is 5.32 Å². The average Bonchev–Trinajstić information content (AvgIpc) is 2.41. The molecule has 1 N–H and O–H groups in total. The summed E-state index contributed by atoms with van der Waals surface area (Å²) in [5.41, 5.74) is 0.958. The van der Waals surface area contributed by atoms with Crippen LogP contribution in [-0.2, 0) is 0 Å². The molecule has 0 saturated carbocycles. The highest BCUT2D eigenvalue weighted by molar-refractivity contribution is 5.24. The molecule has 2 aliphatic rings. The maximum Gasteiger partial charge on any atom is 0.257 e. The zero-order chi connectivity index (χ0) is 7.84. The van der Waals surface area contributed by atoms with Crippen LogP contribution in [0.2, 0.25) is 0 Å². The summed E-state index contributed by atoms with van der Waals surface area (Å²) in [5, 5.41) is 2.84. The molecule has 2 atom stereocenters. The summed E-state index contributed by atoms with van der Waals surface area (Å²) < 4.78 is 24.5. The lowest BCUT2D eigenvalue weighted by atomic mass is 10.0. The summed E-state index contributed by atoms with van der Waals surface area (Å²) in [7, 11) is 0. The lowest BCUT2D eigenvalue weighted by Gasteiger charge is -2.09. The second-order valence-electron chi connectivity index (χ2n) is 3.20. The van der Waals surface area contributed by atoms with Gasteiger partial charge in [0, 0.05) is 6.54 Å². The number of rotatable bonds is 1. The monoisotopic (exact) mass is 159 g/mol. The minimum Gasteiger partial charge on any atom is -0.305 e. The molecule has 0 bridgehead atoms. The highest BCUT2D eigenvalue weighted by Crippen LogP contribution is 2.34. The first-order valence-electron chi connectivity index (χ1n) is 4.00. The van der Waals surface area contributed by atoms with E-state index in [0.717, 1.165) is 25.0 Å². The van der Waals surface area contributed by atoms with Crippen molar-refractivity contribution in [1.29, 1.82) is 0 Å². The van der Waals surface area contributed by atoms with Crippen molar-refractivity contribution in [2.24, 2.45) is 5.92 Å². The van der Waals surface area contributed by atoms with Crippen LogP contribution >= 0.6 is 0 Å². The number of fused-ring (bicyclic) bond motifs is 1. The van der Waals surface area contributed by atoms with Gasteiger partial charge in [0.2, 0.25) is 0 Å². The Morgan fingerprint density at radius 3 is 3.09 bits per heavy atom. The lowest BCUT2D eigenvalue weighted by molar-refractivity contribution is 0.121. The minimum absolute atomic E-state index is 0.411. The molecular formula is C8H11F2N. The maximum atomic E-state index is 12.3. The maximum absolute atomic E-state index is 12.3. The molecule has 1 aliphatic heterocycles. The summed E-state index contributed by atoms with van der Waals surface area (Å²) >= 11 is 0. The van der Waals surface area contributed by atoms with Gasteiger partial charge in [0.15, 0.2) is 0 Å². The molecule has 1 aliphatic carbocycles. The fraction of sp³-hybridized carbons (Fsp3) is 0.750. The quantitative estimate of drug-likeness (QED) is 0.572. The highest BCUT2D eigenvalue weighted by Gasteiger charge is 2.37. The van der Waals surface area contributed by atoms with Gasteiger partial charge in [0.25, 0.3) is 6.43 Å². The Kier molecular flexibility index (Phi) is 1.68. The molecule has 1 fully saturated rings. The number of hydrogen-bond acceptors (Lipinski definition) is 1. The normalized spacial score (nSPS) is 36.1. The Hall–Kier alpha value is -0.440. The minimum atomic E-state index is -2.23. The number of halogens is 2. The molecule has 2 rings (SSSR count). The Morgan fingerprint density at radius 1 is 1.55 bits per heavy atom. The number of allylic oxidation sites excluding steroid dienone is 1. The summed E-state index contributed by atoms with van der Waals surface area (Å²) in [4.78, 5) is 0. The van der Waals surface area contributed by atoms with Gasteiger partial charge in [-0.05, 0) is 24.3 Å².